The number of nitrogens with two attached hydrogens (primary N) is 1. The number of hydrogen-bond donors (Lipinski definition) is 3. The topological polar surface area (TPSA) is 84.2 Å². The van der Waals surface area contributed by atoms with Gasteiger partial charge in [0.1, 0.15) is 5.82 Å². The molecule has 0 saturated carbocycles. The molecule has 0 saturated heterocycles. The van der Waals surface area contributed by atoms with Crippen molar-refractivity contribution in [1.29, 1.82) is 0 Å². The molecule has 0 unspecified atom stereocenters. The molecule has 7 heteroatoms. The molecular formula is C17H16FN3O2S. The Morgan fingerprint density at radius 2 is 2.00 bits per heavy atom. The molecular weight excluding hydrogens is 329 g/mol. The highest BCUT2D eigenvalue weighted by Gasteiger charge is 2.24. The zero-order valence-electron chi connectivity index (χ0n) is 12.7. The van der Waals surface area contributed by atoms with Crippen molar-refractivity contribution in [3.63, 3.8) is 0 Å². The van der Waals surface area contributed by atoms with Gasteiger partial charge in [-0.1, -0.05) is 18.2 Å². The average molecular weight is 345 g/mol. The second-order valence-electron chi connectivity index (χ2n) is 5.39. The molecule has 5 nitrogen and oxygen atoms in total. The van der Waals surface area contributed by atoms with Crippen molar-refractivity contribution in [1.82, 2.24) is 5.32 Å². The van der Waals surface area contributed by atoms with E-state index in [9.17, 15) is 14.0 Å². The minimum absolute atomic E-state index is 0.239. The molecule has 0 aromatic heterocycles. The van der Waals surface area contributed by atoms with Crippen LogP contribution in [0.2, 0.25) is 0 Å². The van der Waals surface area contributed by atoms with Gasteiger partial charge in [0.05, 0.1) is 6.04 Å². The molecule has 0 aliphatic carbocycles. The highest BCUT2D eigenvalue weighted by molar-refractivity contribution is 7.99. The third-order valence-electron chi connectivity index (χ3n) is 3.72. The van der Waals surface area contributed by atoms with E-state index in [0.717, 1.165) is 17.7 Å². The average Bonchev–Trinajstić information content (AvgIpc) is 2.55. The smallest absolute Gasteiger partial charge is 0.316 e. The number of carbonyl (C=O) groups excluding carboxylic acids is 2. The summed E-state index contributed by atoms with van der Waals surface area (Å²) in [6.45, 7) is 0. The quantitative estimate of drug-likeness (QED) is 0.798. The van der Waals surface area contributed by atoms with Gasteiger partial charge in [0.25, 0.3) is 5.91 Å². The molecule has 124 valence electrons. The first-order valence-electron chi connectivity index (χ1n) is 7.43. The van der Waals surface area contributed by atoms with Crippen molar-refractivity contribution in [2.75, 3.05) is 11.1 Å². The fourth-order valence-electron chi connectivity index (χ4n) is 2.66. The molecule has 0 radical (unpaired) electrons. The first kappa shape index (κ1) is 16.3. The lowest BCUT2D eigenvalue weighted by molar-refractivity contribution is 0.0934. The number of halogens is 1. The monoisotopic (exact) mass is 345 g/mol. The zero-order valence-corrected chi connectivity index (χ0v) is 13.5. The van der Waals surface area contributed by atoms with Crippen molar-refractivity contribution in [2.24, 2.45) is 5.73 Å². The van der Waals surface area contributed by atoms with Crippen LogP contribution in [-0.4, -0.2) is 17.7 Å². The van der Waals surface area contributed by atoms with Gasteiger partial charge in [-0.3, -0.25) is 4.79 Å². The first-order chi connectivity index (χ1) is 11.5. The van der Waals surface area contributed by atoms with Crippen molar-refractivity contribution in [2.45, 2.75) is 17.4 Å². The van der Waals surface area contributed by atoms with Gasteiger partial charge in [0.15, 0.2) is 0 Å². The van der Waals surface area contributed by atoms with E-state index in [-0.39, 0.29) is 17.8 Å². The lowest BCUT2D eigenvalue weighted by atomic mass is 10.0. The predicted octanol–water partition coefficient (Wildman–Crippen LogP) is 3.28. The van der Waals surface area contributed by atoms with E-state index in [2.05, 4.69) is 10.6 Å². The molecule has 2 aromatic carbocycles. The SMILES string of the molecule is NC(=O)Nc1cccc(C(=O)N[C@@H]2CCSc3c(F)cccc32)c1. The summed E-state index contributed by atoms with van der Waals surface area (Å²) < 4.78 is 13.9. The summed E-state index contributed by atoms with van der Waals surface area (Å²) in [4.78, 5) is 24.0. The first-order valence-corrected chi connectivity index (χ1v) is 8.42. The number of primary amides is 1. The Hall–Kier alpha value is -2.54. The lowest BCUT2D eigenvalue weighted by Gasteiger charge is -2.26. The maximum Gasteiger partial charge on any atom is 0.316 e. The summed E-state index contributed by atoms with van der Waals surface area (Å²) in [6.07, 6.45) is 0.728. The van der Waals surface area contributed by atoms with Crippen LogP contribution in [0.3, 0.4) is 0 Å². The van der Waals surface area contributed by atoms with Crippen LogP contribution in [0.25, 0.3) is 0 Å². The van der Waals surface area contributed by atoms with Crippen molar-refractivity contribution < 1.29 is 14.0 Å². The van der Waals surface area contributed by atoms with Crippen LogP contribution in [-0.2, 0) is 0 Å². The fourth-order valence-corrected chi connectivity index (χ4v) is 3.80. The second kappa shape index (κ2) is 6.92. The van der Waals surface area contributed by atoms with Crippen molar-refractivity contribution in [3.05, 3.63) is 59.4 Å². The highest BCUT2D eigenvalue weighted by atomic mass is 32.2. The Balaban J connectivity index is 1.79. The summed E-state index contributed by atoms with van der Waals surface area (Å²) in [7, 11) is 0. The van der Waals surface area contributed by atoms with Crippen LogP contribution in [0.4, 0.5) is 14.9 Å². The van der Waals surface area contributed by atoms with Crippen LogP contribution in [0.5, 0.6) is 0 Å². The Bertz CT molecular complexity index is 797. The minimum atomic E-state index is -0.693. The summed E-state index contributed by atoms with van der Waals surface area (Å²) in [6, 6.07) is 10.5. The van der Waals surface area contributed by atoms with E-state index >= 15 is 0 Å². The molecule has 1 aliphatic heterocycles. The number of fused-ring (bicyclic) bond motifs is 1. The van der Waals surface area contributed by atoms with Gasteiger partial charge in [-0.2, -0.15) is 0 Å². The Labute approximate surface area is 142 Å². The number of urea groups is 1. The van der Waals surface area contributed by atoms with Crippen LogP contribution in [0.1, 0.15) is 28.4 Å². The van der Waals surface area contributed by atoms with E-state index in [1.807, 2.05) is 6.07 Å². The van der Waals surface area contributed by atoms with E-state index in [1.54, 1.807) is 30.3 Å². The van der Waals surface area contributed by atoms with Gasteiger partial charge in [0.2, 0.25) is 0 Å². The summed E-state index contributed by atoms with van der Waals surface area (Å²) in [5, 5.41) is 5.37. The Morgan fingerprint density at radius 3 is 2.79 bits per heavy atom. The number of anilines is 1. The number of carbonyl (C=O) groups is 2. The number of hydrogen-bond acceptors (Lipinski definition) is 3. The Kier molecular flexibility index (Phi) is 4.71. The number of amides is 3. The third-order valence-corrected chi connectivity index (χ3v) is 4.88. The van der Waals surface area contributed by atoms with Crippen molar-refractivity contribution >= 4 is 29.4 Å². The molecule has 4 N–H and O–H groups in total. The van der Waals surface area contributed by atoms with Crippen LogP contribution in [0.15, 0.2) is 47.4 Å². The number of benzene rings is 2. The highest BCUT2D eigenvalue weighted by Crippen LogP contribution is 2.37. The second-order valence-corrected chi connectivity index (χ2v) is 6.50. The van der Waals surface area contributed by atoms with Gasteiger partial charge in [0, 0.05) is 21.9 Å². The molecule has 3 amide bonds. The van der Waals surface area contributed by atoms with Crippen LogP contribution < -0.4 is 16.4 Å². The van der Waals surface area contributed by atoms with Gasteiger partial charge in [-0.15, -0.1) is 11.8 Å². The molecule has 0 spiro atoms. The maximum absolute atomic E-state index is 13.9. The van der Waals surface area contributed by atoms with Gasteiger partial charge >= 0.3 is 6.03 Å². The summed E-state index contributed by atoms with van der Waals surface area (Å²) in [5.74, 6) is 0.196. The van der Waals surface area contributed by atoms with E-state index in [0.29, 0.717) is 16.1 Å². The molecule has 3 rings (SSSR count). The molecule has 0 fully saturated rings. The zero-order chi connectivity index (χ0) is 17.1. The van der Waals surface area contributed by atoms with E-state index in [4.69, 9.17) is 5.73 Å². The van der Waals surface area contributed by atoms with E-state index < -0.39 is 6.03 Å². The lowest BCUT2D eigenvalue weighted by Crippen LogP contribution is -2.31. The Morgan fingerprint density at radius 1 is 1.21 bits per heavy atom. The van der Waals surface area contributed by atoms with Crippen LogP contribution >= 0.6 is 11.8 Å². The maximum atomic E-state index is 13.9. The molecule has 24 heavy (non-hydrogen) atoms. The van der Waals surface area contributed by atoms with Gasteiger partial charge in [-0.05, 0) is 36.2 Å². The van der Waals surface area contributed by atoms with Gasteiger partial charge < -0.3 is 16.4 Å². The van der Waals surface area contributed by atoms with Crippen molar-refractivity contribution in [3.8, 4) is 0 Å². The van der Waals surface area contributed by atoms with Gasteiger partial charge in [-0.25, -0.2) is 9.18 Å². The molecule has 1 aliphatic rings. The number of rotatable bonds is 3. The predicted molar refractivity (Wildman–Crippen MR) is 91.6 cm³/mol. The fraction of sp³-hybridized carbons (Fsp3) is 0.176. The number of thioether (sulfide) groups is 1. The molecule has 1 heterocycles. The molecule has 1 atom stereocenters. The largest absolute Gasteiger partial charge is 0.351 e. The molecule has 0 bridgehead atoms. The minimum Gasteiger partial charge on any atom is -0.351 e. The third kappa shape index (κ3) is 3.51. The summed E-state index contributed by atoms with van der Waals surface area (Å²) >= 11 is 1.46. The van der Waals surface area contributed by atoms with Crippen LogP contribution in [0, 0.1) is 5.82 Å². The number of nitrogens with one attached hydrogen (secondary N) is 2. The van der Waals surface area contributed by atoms with E-state index in [1.165, 1.54) is 17.8 Å². The molecule has 2 aromatic rings. The standard InChI is InChI=1S/C17H16FN3O2S/c18-13-6-2-5-12-14(7-8-24-15(12)13)21-16(22)10-3-1-4-11(9-10)20-17(19)23/h1-6,9,14H,7-8H2,(H,21,22)(H3,19,20,23)/t14-/m1/s1. The summed E-state index contributed by atoms with van der Waals surface area (Å²) in [5.41, 5.74) is 6.72. The normalized spacial score (nSPS) is 16.1.